The van der Waals surface area contributed by atoms with Crippen molar-refractivity contribution in [2.45, 2.75) is 19.1 Å². The number of halogens is 3. The Balaban J connectivity index is 0.000000345. The number of hydrogen-bond acceptors (Lipinski definition) is 5. The Labute approximate surface area is 156 Å². The van der Waals surface area contributed by atoms with E-state index in [-0.39, 0.29) is 5.91 Å². The number of nitrogens with zero attached hydrogens (tertiary/aromatic N) is 2. The molecular weight excluding hydrogens is 381 g/mol. The van der Waals surface area contributed by atoms with Gasteiger partial charge in [-0.1, -0.05) is 12.1 Å². The van der Waals surface area contributed by atoms with Gasteiger partial charge >= 0.3 is 12.1 Å². The molecule has 1 atom stereocenters. The normalized spacial score (nSPS) is 16.6. The zero-order valence-electron chi connectivity index (χ0n) is 14.4. The Morgan fingerprint density at radius 1 is 1.29 bits per heavy atom. The summed E-state index contributed by atoms with van der Waals surface area (Å²) in [6.07, 6.45) is -2.93. The molecule has 1 aliphatic heterocycles. The molecule has 1 aromatic carbocycles. The molecule has 0 bridgehead atoms. The third-order valence-electron chi connectivity index (χ3n) is 4.12. The van der Waals surface area contributed by atoms with E-state index in [0.29, 0.717) is 25.3 Å². The van der Waals surface area contributed by atoms with Gasteiger partial charge in [-0.05, 0) is 29.5 Å². The predicted octanol–water partition coefficient (Wildman–Crippen LogP) is 1.28. The van der Waals surface area contributed by atoms with E-state index in [1.807, 2.05) is 24.3 Å². The van der Waals surface area contributed by atoms with Crippen LogP contribution >= 0.6 is 0 Å². The van der Waals surface area contributed by atoms with Crippen molar-refractivity contribution >= 4 is 34.4 Å². The minimum absolute atomic E-state index is 0.193. The summed E-state index contributed by atoms with van der Waals surface area (Å²) in [5.74, 6) is -3.71. The van der Waals surface area contributed by atoms with Gasteiger partial charge in [-0.15, -0.1) is 0 Å². The number of aliphatic carboxylic acids is 1. The predicted molar refractivity (Wildman–Crippen MR) is 92.6 cm³/mol. The summed E-state index contributed by atoms with van der Waals surface area (Å²) < 4.78 is 31.7. The second-order valence-electron chi connectivity index (χ2n) is 6.06. The number of anilines is 1. The van der Waals surface area contributed by atoms with Gasteiger partial charge in [0.15, 0.2) is 0 Å². The molecule has 11 heteroatoms. The van der Waals surface area contributed by atoms with Crippen LogP contribution < -0.4 is 11.5 Å². The van der Waals surface area contributed by atoms with Gasteiger partial charge in [0, 0.05) is 24.7 Å². The van der Waals surface area contributed by atoms with Crippen LogP contribution in [0.3, 0.4) is 0 Å². The lowest BCUT2D eigenvalue weighted by Crippen LogP contribution is -2.33. The molecule has 2 heterocycles. The molecule has 0 spiro atoms. The van der Waals surface area contributed by atoms with Crippen molar-refractivity contribution in [1.29, 1.82) is 0 Å². The highest BCUT2D eigenvalue weighted by Crippen LogP contribution is 2.24. The fourth-order valence-corrected chi connectivity index (χ4v) is 2.72. The zero-order valence-corrected chi connectivity index (χ0v) is 14.4. The average Bonchev–Trinajstić information content (AvgIpc) is 2.96. The van der Waals surface area contributed by atoms with E-state index in [1.54, 1.807) is 11.1 Å². The van der Waals surface area contributed by atoms with E-state index in [1.165, 1.54) is 0 Å². The monoisotopic (exact) mass is 398 g/mol. The number of nitrogen functional groups attached to an aromatic ring is 1. The molecule has 0 aliphatic carbocycles. The maximum absolute atomic E-state index is 12.1. The number of hydrogen-bond donors (Lipinski definition) is 3. The molecule has 0 saturated carbocycles. The van der Waals surface area contributed by atoms with Crippen molar-refractivity contribution in [3.8, 4) is 0 Å². The highest BCUT2D eigenvalue weighted by molar-refractivity contribution is 6.01. The number of amides is 2. The molecule has 1 aliphatic rings. The van der Waals surface area contributed by atoms with Crippen LogP contribution in [0.25, 0.3) is 10.8 Å². The lowest BCUT2D eigenvalue weighted by atomic mass is 10.1. The summed E-state index contributed by atoms with van der Waals surface area (Å²) in [6.45, 7) is 1.000. The van der Waals surface area contributed by atoms with E-state index < -0.39 is 24.0 Å². The van der Waals surface area contributed by atoms with Crippen LogP contribution in [-0.4, -0.2) is 45.5 Å². The molecular formula is C17H17F3N4O4. The minimum Gasteiger partial charge on any atom is -0.475 e. The lowest BCUT2D eigenvalue weighted by Gasteiger charge is -2.16. The quantitative estimate of drug-likeness (QED) is 0.666. The topological polar surface area (TPSA) is 140 Å². The molecule has 8 nitrogen and oxygen atoms in total. The number of aromatic nitrogens is 1. The first-order valence-corrected chi connectivity index (χ1v) is 8.02. The van der Waals surface area contributed by atoms with E-state index >= 15 is 0 Å². The molecule has 3 rings (SSSR count). The van der Waals surface area contributed by atoms with Gasteiger partial charge in [-0.2, -0.15) is 13.2 Å². The first kappa shape index (κ1) is 20.9. The smallest absolute Gasteiger partial charge is 0.475 e. The Morgan fingerprint density at radius 3 is 2.46 bits per heavy atom. The number of carboxylic acids is 1. The third-order valence-corrected chi connectivity index (χ3v) is 4.12. The van der Waals surface area contributed by atoms with Gasteiger partial charge in [-0.25, -0.2) is 9.78 Å². The third kappa shape index (κ3) is 4.87. The van der Waals surface area contributed by atoms with Crippen LogP contribution in [0.1, 0.15) is 12.0 Å². The van der Waals surface area contributed by atoms with E-state index in [4.69, 9.17) is 21.4 Å². The van der Waals surface area contributed by atoms with E-state index in [2.05, 4.69) is 4.98 Å². The molecule has 1 aromatic heterocycles. The molecule has 0 radical (unpaired) electrons. The number of benzene rings is 1. The molecule has 2 amide bonds. The Kier molecular flexibility index (Phi) is 6.06. The second-order valence-corrected chi connectivity index (χ2v) is 6.06. The largest absolute Gasteiger partial charge is 0.490 e. The fraction of sp³-hybridized carbons (Fsp3) is 0.294. The first-order chi connectivity index (χ1) is 13.0. The summed E-state index contributed by atoms with van der Waals surface area (Å²) in [6, 6.07) is 7.73. The Hall–Kier alpha value is -3.37. The average molecular weight is 398 g/mol. The van der Waals surface area contributed by atoms with Crippen molar-refractivity contribution in [3.63, 3.8) is 0 Å². The molecule has 2 aromatic rings. The van der Waals surface area contributed by atoms with Gasteiger partial charge in [-0.3, -0.25) is 9.59 Å². The summed E-state index contributed by atoms with van der Waals surface area (Å²) in [4.78, 5) is 37.9. The Morgan fingerprint density at radius 2 is 1.93 bits per heavy atom. The van der Waals surface area contributed by atoms with Gasteiger partial charge in [0.05, 0.1) is 0 Å². The number of carboxylic acid groups (broad SMARTS) is 1. The maximum Gasteiger partial charge on any atom is 0.490 e. The van der Waals surface area contributed by atoms with Crippen molar-refractivity contribution < 1.29 is 32.7 Å². The van der Waals surface area contributed by atoms with Crippen molar-refractivity contribution in [3.05, 3.63) is 36.0 Å². The van der Waals surface area contributed by atoms with Crippen molar-refractivity contribution in [2.24, 2.45) is 11.7 Å². The summed E-state index contributed by atoms with van der Waals surface area (Å²) in [5, 5.41) is 9.00. The van der Waals surface area contributed by atoms with Crippen LogP contribution in [0.15, 0.2) is 30.5 Å². The van der Waals surface area contributed by atoms with Crippen molar-refractivity contribution in [1.82, 2.24) is 9.88 Å². The molecule has 28 heavy (non-hydrogen) atoms. The van der Waals surface area contributed by atoms with Crippen LogP contribution in [0, 0.1) is 5.92 Å². The molecule has 150 valence electrons. The number of pyridine rings is 1. The summed E-state index contributed by atoms with van der Waals surface area (Å²) >= 11 is 0. The zero-order chi connectivity index (χ0) is 21.1. The Bertz CT molecular complexity index is 917. The number of carbonyl (C=O) groups is 3. The fourth-order valence-electron chi connectivity index (χ4n) is 2.72. The maximum atomic E-state index is 12.1. The van der Waals surface area contributed by atoms with Gasteiger partial charge in [0.2, 0.25) is 11.8 Å². The van der Waals surface area contributed by atoms with Crippen LogP contribution in [0.4, 0.5) is 19.0 Å². The number of likely N-dealkylation sites (tertiary alicyclic amines) is 1. The highest BCUT2D eigenvalue weighted by atomic mass is 19.4. The number of primary amides is 1. The first-order valence-electron chi connectivity index (χ1n) is 8.02. The van der Waals surface area contributed by atoms with Gasteiger partial charge in [0.1, 0.15) is 11.7 Å². The standard InChI is InChI=1S/C15H16N4O2.C2HF3O2/c16-13-12-7-9(1-2-10(12)3-5-18-13)8-19-6-4-11(14(17)20)15(19)21;3-2(4,5)1(6)7/h1-3,5,7,11H,4,6,8H2,(H2,16,18)(H2,17,20);(H,6,7)/t11-;/m0./s1. The van der Waals surface area contributed by atoms with E-state index in [9.17, 15) is 22.8 Å². The summed E-state index contributed by atoms with van der Waals surface area (Å²) in [5.41, 5.74) is 12.1. The number of fused-ring (bicyclic) bond motifs is 1. The number of carbonyl (C=O) groups excluding carboxylic acids is 2. The van der Waals surface area contributed by atoms with Crippen LogP contribution in [-0.2, 0) is 20.9 Å². The highest BCUT2D eigenvalue weighted by Gasteiger charge is 2.38. The number of rotatable bonds is 3. The number of alkyl halides is 3. The summed E-state index contributed by atoms with van der Waals surface area (Å²) in [7, 11) is 0. The van der Waals surface area contributed by atoms with Crippen LogP contribution in [0.2, 0.25) is 0 Å². The molecule has 1 saturated heterocycles. The molecule has 0 unspecified atom stereocenters. The van der Waals surface area contributed by atoms with Gasteiger partial charge in [0.25, 0.3) is 0 Å². The van der Waals surface area contributed by atoms with Crippen molar-refractivity contribution in [2.75, 3.05) is 12.3 Å². The second kappa shape index (κ2) is 8.11. The van der Waals surface area contributed by atoms with E-state index in [0.717, 1.165) is 16.3 Å². The van der Waals surface area contributed by atoms with Crippen LogP contribution in [0.5, 0.6) is 0 Å². The minimum atomic E-state index is -5.08. The SMILES string of the molecule is NC(=O)[C@@H]1CCN(Cc2ccc3ccnc(N)c3c2)C1=O.O=C(O)C(F)(F)F. The lowest BCUT2D eigenvalue weighted by molar-refractivity contribution is -0.192. The van der Waals surface area contributed by atoms with Gasteiger partial charge < -0.3 is 21.5 Å². The number of nitrogens with two attached hydrogens (primary N) is 2. The molecule has 5 N–H and O–H groups in total. The molecule has 1 fully saturated rings.